The van der Waals surface area contributed by atoms with Crippen molar-refractivity contribution in [3.8, 4) is 0 Å². The number of unbranched alkanes of at least 4 members (excludes halogenated alkanes) is 12. The zero-order chi connectivity index (χ0) is 16.6. The largest absolute Gasteiger partial charge is 0.300 e. The summed E-state index contributed by atoms with van der Waals surface area (Å²) < 4.78 is 0. The van der Waals surface area contributed by atoms with Gasteiger partial charge in [-0.25, -0.2) is 0 Å². The standard InChI is InChI=1S/C21H44N2/c1-3-5-7-9-11-13-15-17-20-19-22-21(23-20)18-16-14-12-10-8-6-4-2/h20-23H,3-19H2,1-2H3. The Hall–Kier alpha value is -0.0800. The normalized spacial score (nSPS) is 21.1. The van der Waals surface area contributed by atoms with Crippen LogP contribution in [0, 0.1) is 0 Å². The second kappa shape index (κ2) is 15.4. The van der Waals surface area contributed by atoms with E-state index < -0.39 is 0 Å². The lowest BCUT2D eigenvalue weighted by Gasteiger charge is -2.13. The quantitative estimate of drug-likeness (QED) is 0.332. The first-order chi connectivity index (χ1) is 11.4. The maximum absolute atomic E-state index is 3.80. The maximum atomic E-state index is 3.80. The molecule has 1 saturated heterocycles. The molecule has 1 aliphatic heterocycles. The molecule has 0 aromatic heterocycles. The van der Waals surface area contributed by atoms with E-state index in [2.05, 4.69) is 24.5 Å². The van der Waals surface area contributed by atoms with Gasteiger partial charge in [0.15, 0.2) is 0 Å². The van der Waals surface area contributed by atoms with E-state index in [9.17, 15) is 0 Å². The van der Waals surface area contributed by atoms with Crippen molar-refractivity contribution in [3.63, 3.8) is 0 Å². The molecule has 0 aromatic carbocycles. The van der Waals surface area contributed by atoms with E-state index in [0.717, 1.165) is 6.04 Å². The van der Waals surface area contributed by atoms with E-state index in [-0.39, 0.29) is 0 Å². The molecular weight excluding hydrogens is 280 g/mol. The highest BCUT2D eigenvalue weighted by Gasteiger charge is 2.21. The Morgan fingerprint density at radius 1 is 0.609 bits per heavy atom. The molecule has 1 aliphatic rings. The Morgan fingerprint density at radius 3 is 1.65 bits per heavy atom. The Labute approximate surface area is 146 Å². The van der Waals surface area contributed by atoms with Gasteiger partial charge in [-0.1, -0.05) is 104 Å². The fourth-order valence-electron chi connectivity index (χ4n) is 3.71. The van der Waals surface area contributed by atoms with Crippen molar-refractivity contribution < 1.29 is 0 Å². The van der Waals surface area contributed by atoms with Crippen LogP contribution < -0.4 is 10.6 Å². The molecule has 2 unspecified atom stereocenters. The maximum Gasteiger partial charge on any atom is 0.0574 e. The van der Waals surface area contributed by atoms with Crippen molar-refractivity contribution >= 4 is 0 Å². The van der Waals surface area contributed by atoms with Crippen molar-refractivity contribution in [2.45, 2.75) is 129 Å². The zero-order valence-electron chi connectivity index (χ0n) is 16.2. The first-order valence-electron chi connectivity index (χ1n) is 10.9. The molecule has 1 rings (SSSR count). The lowest BCUT2D eigenvalue weighted by molar-refractivity contribution is 0.442. The van der Waals surface area contributed by atoms with Crippen molar-refractivity contribution in [2.24, 2.45) is 0 Å². The molecule has 0 amide bonds. The van der Waals surface area contributed by atoms with Crippen LogP contribution in [0.5, 0.6) is 0 Å². The van der Waals surface area contributed by atoms with Crippen LogP contribution in [-0.2, 0) is 0 Å². The van der Waals surface area contributed by atoms with Crippen LogP contribution in [0.25, 0.3) is 0 Å². The molecule has 0 aliphatic carbocycles. The predicted molar refractivity (Wildman–Crippen MR) is 104 cm³/mol. The van der Waals surface area contributed by atoms with E-state index in [4.69, 9.17) is 0 Å². The molecule has 1 heterocycles. The van der Waals surface area contributed by atoms with Crippen molar-refractivity contribution in [1.82, 2.24) is 10.6 Å². The average Bonchev–Trinajstić information content (AvgIpc) is 3.01. The van der Waals surface area contributed by atoms with Gasteiger partial charge in [0, 0.05) is 12.6 Å². The van der Waals surface area contributed by atoms with Gasteiger partial charge in [0.25, 0.3) is 0 Å². The minimum Gasteiger partial charge on any atom is -0.300 e. The molecule has 23 heavy (non-hydrogen) atoms. The Morgan fingerprint density at radius 2 is 1.09 bits per heavy atom. The average molecular weight is 325 g/mol. The molecule has 2 N–H and O–H groups in total. The van der Waals surface area contributed by atoms with Gasteiger partial charge in [-0.05, 0) is 12.8 Å². The van der Waals surface area contributed by atoms with Crippen molar-refractivity contribution in [1.29, 1.82) is 0 Å². The molecule has 2 heteroatoms. The van der Waals surface area contributed by atoms with Crippen LogP contribution in [0.1, 0.15) is 117 Å². The molecule has 0 aromatic rings. The van der Waals surface area contributed by atoms with Gasteiger partial charge in [-0.15, -0.1) is 0 Å². The minimum atomic E-state index is 0.597. The molecular formula is C21H44N2. The summed E-state index contributed by atoms with van der Waals surface area (Å²) in [6.45, 7) is 5.78. The monoisotopic (exact) mass is 324 g/mol. The van der Waals surface area contributed by atoms with Gasteiger partial charge in [0.05, 0.1) is 6.17 Å². The molecule has 0 radical (unpaired) electrons. The number of hydrogen-bond donors (Lipinski definition) is 2. The number of rotatable bonds is 16. The first-order valence-corrected chi connectivity index (χ1v) is 10.9. The van der Waals surface area contributed by atoms with E-state index in [1.54, 1.807) is 0 Å². The topological polar surface area (TPSA) is 24.1 Å². The van der Waals surface area contributed by atoms with E-state index in [1.165, 1.54) is 109 Å². The third kappa shape index (κ3) is 12.0. The van der Waals surface area contributed by atoms with Gasteiger partial charge < -0.3 is 5.32 Å². The summed E-state index contributed by atoms with van der Waals surface area (Å²) in [4.78, 5) is 0. The van der Waals surface area contributed by atoms with Crippen LogP contribution >= 0.6 is 0 Å². The predicted octanol–water partition coefficient (Wildman–Crippen LogP) is 6.16. The molecule has 2 nitrogen and oxygen atoms in total. The van der Waals surface area contributed by atoms with Crippen LogP contribution in [0.4, 0.5) is 0 Å². The smallest absolute Gasteiger partial charge is 0.0574 e. The summed E-state index contributed by atoms with van der Waals surface area (Å²) in [5.41, 5.74) is 0. The Kier molecular flexibility index (Phi) is 14.1. The summed E-state index contributed by atoms with van der Waals surface area (Å²) >= 11 is 0. The Balaban J connectivity index is 1.85. The second-order valence-electron chi connectivity index (χ2n) is 7.64. The fraction of sp³-hybridized carbons (Fsp3) is 1.00. The van der Waals surface area contributed by atoms with Crippen molar-refractivity contribution in [3.05, 3.63) is 0 Å². The number of hydrogen-bond acceptors (Lipinski definition) is 2. The summed E-state index contributed by atoms with van der Waals surface area (Å²) in [5.74, 6) is 0. The summed E-state index contributed by atoms with van der Waals surface area (Å²) in [7, 11) is 0. The molecule has 2 atom stereocenters. The number of nitrogens with one attached hydrogen (secondary N) is 2. The Bertz CT molecular complexity index is 218. The van der Waals surface area contributed by atoms with Gasteiger partial charge in [0.2, 0.25) is 0 Å². The van der Waals surface area contributed by atoms with Crippen molar-refractivity contribution in [2.75, 3.05) is 6.54 Å². The van der Waals surface area contributed by atoms with Crippen LogP contribution in [0.2, 0.25) is 0 Å². The summed E-state index contributed by atoms with van der Waals surface area (Å²) in [6.07, 6.45) is 23.2. The fourth-order valence-corrected chi connectivity index (χ4v) is 3.71. The van der Waals surface area contributed by atoms with Crippen LogP contribution in [0.15, 0.2) is 0 Å². The molecule has 0 bridgehead atoms. The van der Waals surface area contributed by atoms with Gasteiger partial charge in [0.1, 0.15) is 0 Å². The first kappa shape index (κ1) is 21.0. The lowest BCUT2D eigenvalue weighted by atomic mass is 10.1. The van der Waals surface area contributed by atoms with Gasteiger partial charge in [-0.3, -0.25) is 5.32 Å². The highest BCUT2D eigenvalue weighted by molar-refractivity contribution is 4.82. The SMILES string of the molecule is CCCCCCCCCC1CNC(CCCCCCCCC)N1. The third-order valence-corrected chi connectivity index (χ3v) is 5.30. The van der Waals surface area contributed by atoms with E-state index in [1.807, 2.05) is 0 Å². The highest BCUT2D eigenvalue weighted by Crippen LogP contribution is 2.14. The zero-order valence-corrected chi connectivity index (χ0v) is 16.2. The van der Waals surface area contributed by atoms with Crippen LogP contribution in [-0.4, -0.2) is 18.8 Å². The van der Waals surface area contributed by atoms with E-state index in [0.29, 0.717) is 6.17 Å². The lowest BCUT2D eigenvalue weighted by Crippen LogP contribution is -2.33. The van der Waals surface area contributed by atoms with Crippen LogP contribution in [0.3, 0.4) is 0 Å². The molecule has 0 spiro atoms. The van der Waals surface area contributed by atoms with Gasteiger partial charge >= 0.3 is 0 Å². The third-order valence-electron chi connectivity index (χ3n) is 5.30. The van der Waals surface area contributed by atoms with E-state index >= 15 is 0 Å². The second-order valence-corrected chi connectivity index (χ2v) is 7.64. The summed E-state index contributed by atoms with van der Waals surface area (Å²) in [6, 6.07) is 0.736. The molecule has 1 fully saturated rings. The summed E-state index contributed by atoms with van der Waals surface area (Å²) in [5, 5.41) is 7.48. The molecule has 138 valence electrons. The highest BCUT2D eigenvalue weighted by atomic mass is 15.2. The van der Waals surface area contributed by atoms with Gasteiger partial charge in [-0.2, -0.15) is 0 Å². The minimum absolute atomic E-state index is 0.597. The molecule has 0 saturated carbocycles.